The van der Waals surface area contributed by atoms with Crippen molar-refractivity contribution >= 4 is 17.7 Å². The highest BCUT2D eigenvalue weighted by molar-refractivity contribution is 8.02. The van der Waals surface area contributed by atoms with Gasteiger partial charge in [0, 0.05) is 17.8 Å². The number of hydrogen-bond acceptors (Lipinski definition) is 6. The molecule has 76 valence electrons. The first-order valence-corrected chi connectivity index (χ1v) is 4.78. The molecule has 1 heterocycles. The molecule has 6 heteroatoms. The summed E-state index contributed by atoms with van der Waals surface area (Å²) in [6.07, 6.45) is 3.15. The highest BCUT2D eigenvalue weighted by atomic mass is 32.2. The standard InChI is InChI=1S/C9H7N3O2S/c1-14-8(13)7(5-10)6-15-9-11-3-2-4-12-9/h2-4,6H,1H3/b7-6+. The highest BCUT2D eigenvalue weighted by Gasteiger charge is 2.08. The summed E-state index contributed by atoms with van der Waals surface area (Å²) in [6.45, 7) is 0. The molecule has 1 aromatic heterocycles. The predicted octanol–water partition coefficient (Wildman–Crippen LogP) is 1.15. The third kappa shape index (κ3) is 3.40. The number of carbonyl (C=O) groups is 1. The average molecular weight is 221 g/mol. The molecule has 0 N–H and O–H groups in total. The van der Waals surface area contributed by atoms with E-state index in [9.17, 15) is 4.79 Å². The minimum Gasteiger partial charge on any atom is -0.465 e. The Hall–Kier alpha value is -1.87. The van der Waals surface area contributed by atoms with Crippen LogP contribution < -0.4 is 0 Å². The summed E-state index contributed by atoms with van der Waals surface area (Å²) >= 11 is 1.09. The van der Waals surface area contributed by atoms with Gasteiger partial charge in [-0.2, -0.15) is 5.26 Å². The number of nitriles is 1. The molecule has 0 radical (unpaired) electrons. The van der Waals surface area contributed by atoms with Crippen molar-refractivity contribution in [2.24, 2.45) is 0 Å². The van der Waals surface area contributed by atoms with Gasteiger partial charge in [0.1, 0.15) is 11.6 Å². The van der Waals surface area contributed by atoms with Crippen LogP contribution >= 0.6 is 11.8 Å². The van der Waals surface area contributed by atoms with Crippen LogP contribution in [0.4, 0.5) is 0 Å². The molecule has 0 fully saturated rings. The smallest absolute Gasteiger partial charge is 0.349 e. The van der Waals surface area contributed by atoms with Crippen molar-refractivity contribution < 1.29 is 9.53 Å². The molecular formula is C9H7N3O2S. The zero-order valence-corrected chi connectivity index (χ0v) is 8.69. The molecular weight excluding hydrogens is 214 g/mol. The third-order valence-corrected chi connectivity index (χ3v) is 2.13. The van der Waals surface area contributed by atoms with Gasteiger partial charge in [0.05, 0.1) is 7.11 Å². The van der Waals surface area contributed by atoms with Crippen molar-refractivity contribution in [2.45, 2.75) is 5.16 Å². The molecule has 0 aliphatic heterocycles. The second-order valence-electron chi connectivity index (χ2n) is 2.28. The highest BCUT2D eigenvalue weighted by Crippen LogP contribution is 2.15. The molecule has 0 saturated heterocycles. The predicted molar refractivity (Wildman–Crippen MR) is 53.6 cm³/mol. The first kappa shape index (κ1) is 11.2. The summed E-state index contributed by atoms with van der Waals surface area (Å²) in [6, 6.07) is 3.41. The van der Waals surface area contributed by atoms with Crippen molar-refractivity contribution in [3.8, 4) is 6.07 Å². The summed E-state index contributed by atoms with van der Waals surface area (Å²) in [4.78, 5) is 18.8. The molecule has 1 rings (SSSR count). The van der Waals surface area contributed by atoms with Gasteiger partial charge in [-0.25, -0.2) is 14.8 Å². The van der Waals surface area contributed by atoms with Crippen LogP contribution in [0, 0.1) is 11.3 Å². The van der Waals surface area contributed by atoms with E-state index in [1.54, 1.807) is 24.5 Å². The van der Waals surface area contributed by atoms with Crippen molar-refractivity contribution in [3.05, 3.63) is 29.4 Å². The SMILES string of the molecule is COC(=O)/C(C#N)=C/Sc1ncccn1. The van der Waals surface area contributed by atoms with Crippen molar-refractivity contribution in [1.29, 1.82) is 5.26 Å². The lowest BCUT2D eigenvalue weighted by Gasteiger charge is -1.95. The second-order valence-corrected chi connectivity index (χ2v) is 3.12. The van der Waals surface area contributed by atoms with Crippen molar-refractivity contribution in [1.82, 2.24) is 9.97 Å². The lowest BCUT2D eigenvalue weighted by molar-refractivity contribution is -0.135. The lowest BCUT2D eigenvalue weighted by atomic mass is 10.3. The van der Waals surface area contributed by atoms with Crippen LogP contribution in [0.15, 0.2) is 34.6 Å². The number of carbonyl (C=O) groups excluding carboxylic acids is 1. The minimum absolute atomic E-state index is 0.0741. The van der Waals surface area contributed by atoms with Gasteiger partial charge < -0.3 is 4.74 Å². The quantitative estimate of drug-likeness (QED) is 0.250. The largest absolute Gasteiger partial charge is 0.465 e. The number of nitrogens with zero attached hydrogens (tertiary/aromatic N) is 3. The number of rotatable bonds is 3. The Morgan fingerprint density at radius 3 is 2.80 bits per heavy atom. The fourth-order valence-electron chi connectivity index (χ4n) is 0.688. The zero-order valence-electron chi connectivity index (χ0n) is 7.88. The Balaban J connectivity index is 2.72. The molecule has 0 unspecified atom stereocenters. The molecule has 0 atom stereocenters. The molecule has 5 nitrogen and oxygen atoms in total. The number of hydrogen-bond donors (Lipinski definition) is 0. The van der Waals surface area contributed by atoms with Crippen LogP contribution in [0.3, 0.4) is 0 Å². The van der Waals surface area contributed by atoms with Gasteiger partial charge in [-0.3, -0.25) is 0 Å². The zero-order chi connectivity index (χ0) is 11.1. The molecule has 0 spiro atoms. The summed E-state index contributed by atoms with van der Waals surface area (Å²) in [5.41, 5.74) is -0.0741. The fraction of sp³-hybridized carbons (Fsp3) is 0.111. The Bertz CT molecular complexity index is 411. The van der Waals surface area contributed by atoms with Crippen LogP contribution in [-0.4, -0.2) is 23.0 Å². The minimum atomic E-state index is -0.666. The van der Waals surface area contributed by atoms with Gasteiger partial charge in [0.2, 0.25) is 0 Å². The third-order valence-electron chi connectivity index (χ3n) is 1.35. The summed E-state index contributed by atoms with van der Waals surface area (Å²) in [5, 5.41) is 10.5. The van der Waals surface area contributed by atoms with E-state index in [0.29, 0.717) is 5.16 Å². The molecule has 0 saturated carbocycles. The topological polar surface area (TPSA) is 75.9 Å². The molecule has 0 amide bonds. The van der Waals surface area contributed by atoms with E-state index in [-0.39, 0.29) is 5.57 Å². The van der Waals surface area contributed by atoms with Crippen LogP contribution in [0.5, 0.6) is 0 Å². The van der Waals surface area contributed by atoms with Gasteiger partial charge in [-0.1, -0.05) is 11.8 Å². The number of aromatic nitrogens is 2. The number of esters is 1. The first-order valence-electron chi connectivity index (χ1n) is 3.90. The Kier molecular flexibility index (Phi) is 4.31. The first-order chi connectivity index (χ1) is 7.27. The lowest BCUT2D eigenvalue weighted by Crippen LogP contribution is -2.02. The molecule has 0 bridgehead atoms. The van der Waals surface area contributed by atoms with Crippen LogP contribution in [0.1, 0.15) is 0 Å². The maximum Gasteiger partial charge on any atom is 0.349 e. The van der Waals surface area contributed by atoms with Crippen molar-refractivity contribution in [3.63, 3.8) is 0 Å². The second kappa shape index (κ2) is 5.78. The van der Waals surface area contributed by atoms with E-state index >= 15 is 0 Å². The number of ether oxygens (including phenoxy) is 1. The van der Waals surface area contributed by atoms with Gasteiger partial charge in [-0.05, 0) is 6.07 Å². The van der Waals surface area contributed by atoms with Gasteiger partial charge >= 0.3 is 5.97 Å². The maximum atomic E-state index is 11.0. The summed E-state index contributed by atoms with van der Waals surface area (Å²) < 4.78 is 4.41. The molecule has 0 aliphatic carbocycles. The Labute approximate surface area is 90.8 Å². The maximum absolute atomic E-state index is 11.0. The van der Waals surface area contributed by atoms with Crippen LogP contribution in [0.25, 0.3) is 0 Å². The summed E-state index contributed by atoms with van der Waals surface area (Å²) in [7, 11) is 1.22. The number of methoxy groups -OCH3 is 1. The van der Waals surface area contributed by atoms with E-state index in [0.717, 1.165) is 11.8 Å². The normalized spacial score (nSPS) is 10.5. The van der Waals surface area contributed by atoms with E-state index in [1.165, 1.54) is 12.5 Å². The monoisotopic (exact) mass is 221 g/mol. The summed E-state index contributed by atoms with van der Waals surface area (Å²) in [5.74, 6) is -0.666. The van der Waals surface area contributed by atoms with Crippen LogP contribution in [-0.2, 0) is 9.53 Å². The van der Waals surface area contributed by atoms with E-state index in [1.807, 2.05) is 0 Å². The van der Waals surface area contributed by atoms with Gasteiger partial charge in [0.25, 0.3) is 0 Å². The van der Waals surface area contributed by atoms with Gasteiger partial charge in [0.15, 0.2) is 5.16 Å². The average Bonchev–Trinajstić information content (AvgIpc) is 2.31. The van der Waals surface area contributed by atoms with E-state index in [2.05, 4.69) is 14.7 Å². The molecule has 1 aromatic rings. The fourth-order valence-corrected chi connectivity index (χ4v) is 1.30. The molecule has 0 aromatic carbocycles. The Morgan fingerprint density at radius 2 is 2.27 bits per heavy atom. The van der Waals surface area contributed by atoms with E-state index < -0.39 is 5.97 Å². The molecule has 0 aliphatic rings. The molecule has 15 heavy (non-hydrogen) atoms. The van der Waals surface area contributed by atoms with Crippen LogP contribution in [0.2, 0.25) is 0 Å². The van der Waals surface area contributed by atoms with Gasteiger partial charge in [-0.15, -0.1) is 0 Å². The Morgan fingerprint density at radius 1 is 1.60 bits per heavy atom. The number of thioether (sulfide) groups is 1. The van der Waals surface area contributed by atoms with E-state index in [4.69, 9.17) is 5.26 Å². The van der Waals surface area contributed by atoms with Crippen molar-refractivity contribution in [2.75, 3.05) is 7.11 Å².